The molecule has 4 aromatic rings. The molecule has 2 aromatic heterocycles. The first-order valence-electron chi connectivity index (χ1n) is 9.87. The fourth-order valence-electron chi connectivity index (χ4n) is 3.96. The van der Waals surface area contributed by atoms with Crippen molar-refractivity contribution in [1.29, 1.82) is 0 Å². The van der Waals surface area contributed by atoms with Crippen molar-refractivity contribution in [1.82, 2.24) is 9.62 Å². The van der Waals surface area contributed by atoms with Gasteiger partial charge in [-0.2, -0.15) is 4.31 Å². The summed E-state index contributed by atoms with van der Waals surface area (Å²) in [6.45, 7) is 0.487. The summed E-state index contributed by atoms with van der Waals surface area (Å²) in [5, 5.41) is 3.82. The quantitative estimate of drug-likeness (QED) is 0.508. The monoisotopic (exact) mass is 442 g/mol. The third kappa shape index (κ3) is 3.60. The lowest BCUT2D eigenvalue weighted by atomic mass is 10.1. The number of hydrogen-bond donors (Lipinski definition) is 1. The van der Waals surface area contributed by atoms with Crippen LogP contribution in [0.2, 0.25) is 0 Å². The minimum Gasteiger partial charge on any atom is -0.464 e. The molecule has 0 bridgehead atoms. The molecule has 0 radical (unpaired) electrons. The van der Waals surface area contributed by atoms with Crippen molar-refractivity contribution in [2.75, 3.05) is 6.54 Å². The van der Waals surface area contributed by atoms with Crippen LogP contribution in [0, 0.1) is 5.82 Å². The lowest BCUT2D eigenvalue weighted by Gasteiger charge is -2.22. The second-order valence-corrected chi connectivity index (χ2v) is 9.35. The third-order valence-corrected chi connectivity index (χ3v) is 7.27. The number of benzene rings is 2. The Kier molecular flexibility index (Phi) is 4.79. The Morgan fingerprint density at radius 1 is 1.10 bits per heavy atom. The molecule has 1 atom stereocenters. The van der Waals surface area contributed by atoms with Gasteiger partial charge >= 0.3 is 0 Å². The van der Waals surface area contributed by atoms with Gasteiger partial charge in [-0.1, -0.05) is 6.07 Å². The number of nitrogens with one attached hydrogen (secondary N) is 1. The van der Waals surface area contributed by atoms with E-state index in [2.05, 4.69) is 5.32 Å². The van der Waals surface area contributed by atoms with Crippen LogP contribution in [0.25, 0.3) is 21.9 Å². The van der Waals surface area contributed by atoms with Crippen molar-refractivity contribution in [3.8, 4) is 0 Å². The first-order chi connectivity index (χ1) is 14.9. The van der Waals surface area contributed by atoms with Crippen molar-refractivity contribution in [3.05, 3.63) is 66.2 Å². The summed E-state index contributed by atoms with van der Waals surface area (Å²) in [4.78, 5) is 12.8. The van der Waals surface area contributed by atoms with Crippen LogP contribution in [0.3, 0.4) is 0 Å². The molecule has 1 amide bonds. The average molecular weight is 442 g/mol. The Balaban J connectivity index is 1.34. The van der Waals surface area contributed by atoms with Crippen molar-refractivity contribution in [2.24, 2.45) is 0 Å². The standard InChI is InChI=1S/C22H19FN2O5S/c23-17-4-6-20-16(11-17)12-21(30-20)31(27,28)25-8-1-2-18(25)22(26)24-13-14-3-5-19-15(10-14)7-9-29-19/h3-7,9-12,18H,1-2,8,13H2,(H,24,26). The van der Waals surface area contributed by atoms with Crippen LogP contribution in [0.15, 0.2) is 68.7 Å². The molecule has 0 saturated carbocycles. The average Bonchev–Trinajstić information content (AvgIpc) is 3.50. The number of rotatable bonds is 5. The van der Waals surface area contributed by atoms with Gasteiger partial charge < -0.3 is 14.2 Å². The zero-order valence-electron chi connectivity index (χ0n) is 16.4. The van der Waals surface area contributed by atoms with Crippen molar-refractivity contribution in [2.45, 2.75) is 30.5 Å². The number of carbonyl (C=O) groups excluding carboxylic acids is 1. The summed E-state index contributed by atoms with van der Waals surface area (Å²) in [6.07, 6.45) is 2.58. The van der Waals surface area contributed by atoms with E-state index in [0.29, 0.717) is 18.2 Å². The maximum atomic E-state index is 13.4. The third-order valence-electron chi connectivity index (χ3n) is 5.51. The zero-order valence-corrected chi connectivity index (χ0v) is 17.2. The van der Waals surface area contributed by atoms with Gasteiger partial charge in [0.15, 0.2) is 0 Å². The highest BCUT2D eigenvalue weighted by Crippen LogP contribution is 2.30. The smallest absolute Gasteiger partial charge is 0.277 e. The molecule has 2 aromatic carbocycles. The Bertz CT molecular complexity index is 1390. The largest absolute Gasteiger partial charge is 0.464 e. The molecular weight excluding hydrogens is 423 g/mol. The second-order valence-electron chi connectivity index (χ2n) is 7.53. The Morgan fingerprint density at radius 2 is 1.94 bits per heavy atom. The van der Waals surface area contributed by atoms with E-state index < -0.39 is 21.9 Å². The van der Waals surface area contributed by atoms with E-state index in [-0.39, 0.29) is 29.7 Å². The van der Waals surface area contributed by atoms with E-state index in [9.17, 15) is 17.6 Å². The van der Waals surface area contributed by atoms with Gasteiger partial charge in [-0.15, -0.1) is 0 Å². The number of fused-ring (bicyclic) bond motifs is 2. The van der Waals surface area contributed by atoms with Gasteiger partial charge in [0.05, 0.1) is 6.26 Å². The van der Waals surface area contributed by atoms with Crippen molar-refractivity contribution in [3.63, 3.8) is 0 Å². The summed E-state index contributed by atoms with van der Waals surface area (Å²) >= 11 is 0. The SMILES string of the molecule is O=C(NCc1ccc2occc2c1)C1CCCN1S(=O)(=O)c1cc2cc(F)ccc2o1. The molecule has 1 fully saturated rings. The van der Waals surface area contributed by atoms with Crippen LogP contribution in [0.1, 0.15) is 18.4 Å². The molecular formula is C22H19FN2O5S. The summed E-state index contributed by atoms with van der Waals surface area (Å²) in [5.41, 5.74) is 1.91. The van der Waals surface area contributed by atoms with Crippen molar-refractivity contribution < 1.29 is 26.4 Å². The molecule has 5 rings (SSSR count). The molecule has 0 spiro atoms. The van der Waals surface area contributed by atoms with Crippen LogP contribution >= 0.6 is 0 Å². The minimum atomic E-state index is -4.04. The van der Waals surface area contributed by atoms with E-state index in [1.54, 1.807) is 6.26 Å². The number of amides is 1. The molecule has 0 aliphatic carbocycles. The fraction of sp³-hybridized carbons (Fsp3) is 0.227. The lowest BCUT2D eigenvalue weighted by Crippen LogP contribution is -2.45. The highest BCUT2D eigenvalue weighted by Gasteiger charge is 2.41. The van der Waals surface area contributed by atoms with Gasteiger partial charge in [0.25, 0.3) is 10.0 Å². The minimum absolute atomic E-state index is 0.215. The molecule has 1 saturated heterocycles. The van der Waals surface area contributed by atoms with Gasteiger partial charge in [0.2, 0.25) is 11.0 Å². The molecule has 31 heavy (non-hydrogen) atoms. The molecule has 9 heteroatoms. The van der Waals surface area contributed by atoms with E-state index in [1.165, 1.54) is 24.3 Å². The molecule has 7 nitrogen and oxygen atoms in total. The summed E-state index contributed by atoms with van der Waals surface area (Å²) in [5.74, 6) is -0.847. The van der Waals surface area contributed by atoms with E-state index in [1.807, 2.05) is 24.3 Å². The summed E-state index contributed by atoms with van der Waals surface area (Å²) in [6, 6.07) is 11.7. The van der Waals surface area contributed by atoms with Gasteiger partial charge in [-0.25, -0.2) is 12.8 Å². The maximum Gasteiger partial charge on any atom is 0.277 e. The molecule has 1 aliphatic rings. The number of carbonyl (C=O) groups is 1. The molecule has 1 aliphatic heterocycles. The predicted octanol–water partition coefficient (Wildman–Crippen LogP) is 3.79. The topological polar surface area (TPSA) is 92.8 Å². The van der Waals surface area contributed by atoms with Gasteiger partial charge in [0.1, 0.15) is 23.0 Å². The highest BCUT2D eigenvalue weighted by molar-refractivity contribution is 7.89. The number of nitrogens with zero attached hydrogens (tertiary/aromatic N) is 1. The normalized spacial score (nSPS) is 17.5. The van der Waals surface area contributed by atoms with Crippen LogP contribution in [0.4, 0.5) is 4.39 Å². The molecule has 1 unspecified atom stereocenters. The maximum absolute atomic E-state index is 13.4. The van der Waals surface area contributed by atoms with Crippen LogP contribution in [-0.4, -0.2) is 31.2 Å². The van der Waals surface area contributed by atoms with Crippen LogP contribution < -0.4 is 5.32 Å². The van der Waals surface area contributed by atoms with Gasteiger partial charge in [-0.3, -0.25) is 4.79 Å². The second kappa shape index (κ2) is 7.51. The Labute approximate surface area is 177 Å². The number of halogens is 1. The Morgan fingerprint density at radius 3 is 2.81 bits per heavy atom. The number of furan rings is 2. The molecule has 3 heterocycles. The molecule has 1 N–H and O–H groups in total. The molecule has 160 valence electrons. The van der Waals surface area contributed by atoms with E-state index in [4.69, 9.17) is 8.83 Å². The highest BCUT2D eigenvalue weighted by atomic mass is 32.2. The number of sulfonamides is 1. The van der Waals surface area contributed by atoms with Gasteiger partial charge in [-0.05, 0) is 54.8 Å². The fourth-order valence-corrected chi connectivity index (χ4v) is 5.56. The predicted molar refractivity (Wildman–Crippen MR) is 111 cm³/mol. The summed E-state index contributed by atoms with van der Waals surface area (Å²) < 4.78 is 51.7. The van der Waals surface area contributed by atoms with Crippen molar-refractivity contribution >= 4 is 37.9 Å². The number of hydrogen-bond acceptors (Lipinski definition) is 5. The zero-order chi connectivity index (χ0) is 21.6. The van der Waals surface area contributed by atoms with Crippen LogP contribution in [-0.2, 0) is 21.4 Å². The van der Waals surface area contributed by atoms with E-state index in [0.717, 1.165) is 20.8 Å². The first-order valence-corrected chi connectivity index (χ1v) is 11.3. The van der Waals surface area contributed by atoms with Gasteiger partial charge in [0, 0.05) is 29.9 Å². The van der Waals surface area contributed by atoms with E-state index >= 15 is 0 Å². The van der Waals surface area contributed by atoms with Crippen LogP contribution in [0.5, 0.6) is 0 Å². The Hall–Kier alpha value is -3.17. The lowest BCUT2D eigenvalue weighted by molar-refractivity contribution is -0.124. The summed E-state index contributed by atoms with van der Waals surface area (Å²) in [7, 11) is -4.04. The first kappa shape index (κ1) is 19.8.